The fourth-order valence-electron chi connectivity index (χ4n) is 0.955. The molecule has 0 aromatic rings. The fourth-order valence-corrected chi connectivity index (χ4v) is 3.39. The highest BCUT2D eigenvalue weighted by molar-refractivity contribution is 8.77. The third-order valence-electron chi connectivity index (χ3n) is 1.78. The molecule has 0 aliphatic carbocycles. The van der Waals surface area contributed by atoms with E-state index in [1.54, 1.807) is 0 Å². The van der Waals surface area contributed by atoms with Crippen LogP contribution >= 0.6 is 21.6 Å². The van der Waals surface area contributed by atoms with Crippen LogP contribution in [0.3, 0.4) is 0 Å². The van der Waals surface area contributed by atoms with E-state index in [0.29, 0.717) is 12.8 Å². The van der Waals surface area contributed by atoms with E-state index >= 15 is 0 Å². The normalized spacial score (nSPS) is 11.8. The van der Waals surface area contributed by atoms with Gasteiger partial charge in [0.25, 0.3) is 0 Å². The highest BCUT2D eigenvalue weighted by atomic mass is 33.1. The van der Waals surface area contributed by atoms with Crippen molar-refractivity contribution in [1.82, 2.24) is 0 Å². The molecule has 2 unspecified atom stereocenters. The number of isocyanates is 4. The molecule has 106 valence electrons. The predicted octanol–water partition coefficient (Wildman–Crippen LogP) is 1.14. The van der Waals surface area contributed by atoms with Gasteiger partial charge in [-0.3, -0.25) is 0 Å². The molecule has 0 fully saturated rings. The minimum Gasteiger partial charge on any atom is -0.211 e. The summed E-state index contributed by atoms with van der Waals surface area (Å²) < 4.78 is 0. The van der Waals surface area contributed by atoms with Crippen LogP contribution in [0, 0.1) is 0 Å². The third kappa shape index (κ3) is 10.2. The van der Waals surface area contributed by atoms with Crippen molar-refractivity contribution in [3.8, 4) is 0 Å². The van der Waals surface area contributed by atoms with Crippen molar-refractivity contribution in [1.29, 1.82) is 0 Å². The molecule has 0 N–H and O–H groups in total. The monoisotopic (exact) mass is 314 g/mol. The van der Waals surface area contributed by atoms with Gasteiger partial charge in [-0.1, -0.05) is 21.6 Å². The lowest BCUT2D eigenvalue weighted by molar-refractivity contribution is 0.558. The van der Waals surface area contributed by atoms with Crippen LogP contribution in [0.4, 0.5) is 0 Å². The van der Waals surface area contributed by atoms with Gasteiger partial charge in [0.15, 0.2) is 0 Å². The van der Waals surface area contributed by atoms with Crippen molar-refractivity contribution in [3.05, 3.63) is 0 Å². The van der Waals surface area contributed by atoms with Crippen molar-refractivity contribution in [2.45, 2.75) is 23.6 Å². The summed E-state index contributed by atoms with van der Waals surface area (Å²) in [5.74, 6) is 0. The van der Waals surface area contributed by atoms with Gasteiger partial charge in [-0.25, -0.2) is 29.2 Å². The smallest absolute Gasteiger partial charge is 0.211 e. The molecular formula is C10H10N4O4S2. The van der Waals surface area contributed by atoms with Gasteiger partial charge in [-0.2, -0.15) is 9.98 Å². The molecule has 20 heavy (non-hydrogen) atoms. The van der Waals surface area contributed by atoms with Crippen LogP contribution in [-0.4, -0.2) is 48.2 Å². The third-order valence-corrected chi connectivity index (χ3v) is 4.68. The minimum absolute atomic E-state index is 0.184. The van der Waals surface area contributed by atoms with Crippen molar-refractivity contribution in [2.24, 2.45) is 20.0 Å². The molecule has 2 atom stereocenters. The molecule has 8 nitrogen and oxygen atoms in total. The largest absolute Gasteiger partial charge is 0.236 e. The summed E-state index contributed by atoms with van der Waals surface area (Å²) in [4.78, 5) is 54.2. The quantitative estimate of drug-likeness (QED) is 0.320. The van der Waals surface area contributed by atoms with Crippen molar-refractivity contribution in [2.75, 3.05) is 13.1 Å². The van der Waals surface area contributed by atoms with Crippen molar-refractivity contribution >= 4 is 45.9 Å². The zero-order valence-corrected chi connectivity index (χ0v) is 11.9. The molecule has 0 aliphatic rings. The van der Waals surface area contributed by atoms with Crippen LogP contribution in [0.2, 0.25) is 0 Å². The Balaban J connectivity index is 4.36. The van der Waals surface area contributed by atoms with E-state index in [1.165, 1.54) is 45.9 Å². The molecule has 0 rings (SSSR count). The first-order chi connectivity index (χ1) is 9.78. The van der Waals surface area contributed by atoms with Gasteiger partial charge in [-0.15, -0.1) is 0 Å². The molecule has 0 aliphatic heterocycles. The van der Waals surface area contributed by atoms with Crippen molar-refractivity contribution in [3.63, 3.8) is 0 Å². The highest BCUT2D eigenvalue weighted by Crippen LogP contribution is 2.35. The van der Waals surface area contributed by atoms with Crippen molar-refractivity contribution < 1.29 is 19.2 Å². The average Bonchev–Trinajstić information content (AvgIpc) is 2.45. The maximum atomic E-state index is 10.3. The first-order valence-corrected chi connectivity index (χ1v) is 7.59. The van der Waals surface area contributed by atoms with Gasteiger partial charge in [0.2, 0.25) is 24.3 Å². The van der Waals surface area contributed by atoms with Gasteiger partial charge in [0.05, 0.1) is 13.1 Å². The number of aliphatic imine (C=N–C) groups is 4. The number of hydrogen-bond acceptors (Lipinski definition) is 10. The second-order valence-electron chi connectivity index (χ2n) is 3.07. The second-order valence-corrected chi connectivity index (χ2v) is 5.69. The van der Waals surface area contributed by atoms with Crippen LogP contribution < -0.4 is 0 Å². The maximum Gasteiger partial charge on any atom is 0.236 e. The van der Waals surface area contributed by atoms with Gasteiger partial charge < -0.3 is 0 Å². The van der Waals surface area contributed by atoms with E-state index in [9.17, 15) is 19.2 Å². The summed E-state index contributed by atoms with van der Waals surface area (Å²) >= 11 is 0. The first-order valence-electron chi connectivity index (χ1n) is 5.31. The lowest BCUT2D eigenvalue weighted by atomic mass is 10.4. The Hall–Kier alpha value is -1.78. The van der Waals surface area contributed by atoms with E-state index in [-0.39, 0.29) is 13.1 Å². The van der Waals surface area contributed by atoms with Crippen LogP contribution in [0.15, 0.2) is 20.0 Å². The van der Waals surface area contributed by atoms with Gasteiger partial charge in [0, 0.05) is 12.8 Å². The van der Waals surface area contributed by atoms with Crippen LogP contribution in [0.1, 0.15) is 12.8 Å². The predicted molar refractivity (Wildman–Crippen MR) is 74.2 cm³/mol. The second kappa shape index (κ2) is 13.6. The molecule has 0 saturated carbocycles. The molecule has 0 spiro atoms. The maximum absolute atomic E-state index is 10.3. The molecule has 0 amide bonds. The number of rotatable bonds is 11. The number of nitrogens with zero attached hydrogens (tertiary/aromatic N) is 4. The Kier molecular flexibility index (Phi) is 12.4. The highest BCUT2D eigenvalue weighted by Gasteiger charge is 2.14. The summed E-state index contributed by atoms with van der Waals surface area (Å²) in [5.41, 5.74) is 0. The minimum atomic E-state index is -0.464. The van der Waals surface area contributed by atoms with Crippen LogP contribution in [0.25, 0.3) is 0 Å². The molecule has 0 aromatic carbocycles. The van der Waals surface area contributed by atoms with E-state index in [2.05, 4.69) is 20.0 Å². The van der Waals surface area contributed by atoms with E-state index < -0.39 is 10.7 Å². The van der Waals surface area contributed by atoms with Crippen LogP contribution in [-0.2, 0) is 19.2 Å². The van der Waals surface area contributed by atoms with Gasteiger partial charge in [0.1, 0.15) is 10.7 Å². The Bertz CT molecular complexity index is 432. The average molecular weight is 314 g/mol. The summed E-state index contributed by atoms with van der Waals surface area (Å²) in [7, 11) is 2.37. The summed E-state index contributed by atoms with van der Waals surface area (Å²) in [6.45, 7) is 0.369. The Labute approximate surface area is 122 Å². The lowest BCUT2D eigenvalue weighted by Crippen LogP contribution is -2.04. The van der Waals surface area contributed by atoms with E-state index in [1.807, 2.05) is 0 Å². The molecule has 0 heterocycles. The number of hydrogen-bond donors (Lipinski definition) is 0. The Morgan fingerprint density at radius 1 is 0.700 bits per heavy atom. The van der Waals surface area contributed by atoms with E-state index in [4.69, 9.17) is 0 Å². The summed E-state index contributed by atoms with van der Waals surface area (Å²) in [6, 6.07) is 0. The molecular weight excluding hydrogens is 304 g/mol. The zero-order valence-electron chi connectivity index (χ0n) is 10.2. The topological polar surface area (TPSA) is 118 Å². The fraction of sp³-hybridized carbons (Fsp3) is 0.600. The lowest BCUT2D eigenvalue weighted by Gasteiger charge is -2.11. The Morgan fingerprint density at radius 3 is 1.40 bits per heavy atom. The molecule has 0 saturated heterocycles. The van der Waals surface area contributed by atoms with Crippen LogP contribution in [0.5, 0.6) is 0 Å². The van der Waals surface area contributed by atoms with E-state index in [0.717, 1.165) is 0 Å². The zero-order chi connectivity index (χ0) is 15.1. The molecule has 0 bridgehead atoms. The van der Waals surface area contributed by atoms with Gasteiger partial charge >= 0.3 is 0 Å². The number of carbonyl (C=O) groups excluding carboxylic acids is 4. The molecule has 0 aromatic heterocycles. The first kappa shape index (κ1) is 18.2. The summed E-state index contributed by atoms with van der Waals surface area (Å²) in [6.07, 6.45) is 6.33. The Morgan fingerprint density at radius 2 is 1.10 bits per heavy atom. The molecule has 0 radical (unpaired) electrons. The molecule has 10 heteroatoms. The standard InChI is InChI=1S/C10H10N4O4S2/c15-5-11-3-1-9(13-7-17)19-20-10(14-8-18)2-4-12-6-16/h9-10H,1-4H2. The summed E-state index contributed by atoms with van der Waals surface area (Å²) in [5, 5.41) is -0.929. The SMILES string of the molecule is O=C=NCCC(N=C=O)SSC(CCN=C=O)N=C=O. The van der Waals surface area contributed by atoms with Gasteiger partial charge in [-0.05, 0) is 0 Å².